The number of rotatable bonds is 2. The third-order valence-electron chi connectivity index (χ3n) is 0.839. The summed E-state index contributed by atoms with van der Waals surface area (Å²) in [6.07, 6.45) is 1.58. The third-order valence-corrected chi connectivity index (χ3v) is 0.839. The van der Waals surface area contributed by atoms with Gasteiger partial charge in [0.1, 0.15) is 0 Å². The van der Waals surface area contributed by atoms with Gasteiger partial charge in [-0.15, -0.1) is 0 Å². The number of imidazole rings is 1. The van der Waals surface area contributed by atoms with Gasteiger partial charge in [-0.3, -0.25) is 4.79 Å². The van der Waals surface area contributed by atoms with Crippen molar-refractivity contribution in [1.29, 1.82) is 0 Å². The van der Waals surface area contributed by atoms with Crippen LogP contribution >= 0.6 is 0 Å². The zero-order chi connectivity index (χ0) is 6.69. The smallest absolute Gasteiger partial charge is 0.301 e. The normalized spacial score (nSPS) is 9.00. The number of nitrogens with one attached hydrogen (secondary N) is 1. The minimum absolute atomic E-state index is 0.238. The molecule has 4 heteroatoms. The number of H-pyrrole nitrogens is 1. The molecule has 0 atom stereocenters. The van der Waals surface area contributed by atoms with Gasteiger partial charge in [-0.05, 0) is 6.92 Å². The summed E-state index contributed by atoms with van der Waals surface area (Å²) in [5.41, 5.74) is 0.867. The Morgan fingerprint density at radius 2 is 2.67 bits per heavy atom. The topological polar surface area (TPSA) is 55.0 Å². The zero-order valence-corrected chi connectivity index (χ0v) is 4.92. The van der Waals surface area contributed by atoms with Gasteiger partial charge in [-0.2, -0.15) is 0 Å². The molecule has 0 aliphatic carbocycles. The monoisotopic (exact) mass is 126 g/mol. The molecule has 0 amide bonds. The number of aromatic nitrogens is 2. The number of ether oxygens (including phenoxy) is 1. The highest BCUT2D eigenvalue weighted by atomic mass is 16.5. The lowest BCUT2D eigenvalue weighted by Gasteiger charge is -1.85. The van der Waals surface area contributed by atoms with E-state index in [1.807, 2.05) is 6.92 Å². The lowest BCUT2D eigenvalue weighted by atomic mass is 10.6. The Labute approximate surface area is 51.9 Å². The Morgan fingerprint density at radius 1 is 1.89 bits per heavy atom. The molecular formula is C5H6N2O2. The molecule has 0 unspecified atom stereocenters. The maximum atomic E-state index is 9.70. The Hall–Kier alpha value is -1.32. The first-order chi connectivity index (χ1) is 4.33. The molecule has 0 radical (unpaired) electrons. The molecule has 0 saturated heterocycles. The minimum atomic E-state index is 0.238. The second-order valence-corrected chi connectivity index (χ2v) is 1.59. The number of aromatic amines is 1. The van der Waals surface area contributed by atoms with E-state index in [0.717, 1.165) is 5.69 Å². The Morgan fingerprint density at radius 3 is 3.11 bits per heavy atom. The van der Waals surface area contributed by atoms with Gasteiger partial charge >= 0.3 is 12.5 Å². The highest BCUT2D eigenvalue weighted by Gasteiger charge is 1.93. The first-order valence-electron chi connectivity index (χ1n) is 2.45. The fourth-order valence-electron chi connectivity index (χ4n) is 0.494. The predicted molar refractivity (Wildman–Crippen MR) is 30.0 cm³/mol. The van der Waals surface area contributed by atoms with Crippen LogP contribution in [0.2, 0.25) is 0 Å². The van der Waals surface area contributed by atoms with Crippen LogP contribution in [0.15, 0.2) is 6.20 Å². The average molecular weight is 126 g/mol. The molecule has 9 heavy (non-hydrogen) atoms. The standard InChI is InChI=1S/C5H6N2O2/c1-4-2-6-5(7-4)9-3-8/h2-3H,1H3,(H,6,7). The maximum absolute atomic E-state index is 9.70. The van der Waals surface area contributed by atoms with Crippen LogP contribution in [0.3, 0.4) is 0 Å². The first kappa shape index (κ1) is 5.81. The van der Waals surface area contributed by atoms with Gasteiger partial charge in [0.25, 0.3) is 0 Å². The molecule has 0 bridgehead atoms. The zero-order valence-electron chi connectivity index (χ0n) is 4.92. The summed E-state index contributed by atoms with van der Waals surface area (Å²) >= 11 is 0. The van der Waals surface area contributed by atoms with E-state index >= 15 is 0 Å². The van der Waals surface area contributed by atoms with E-state index in [1.54, 1.807) is 6.20 Å². The largest absolute Gasteiger partial charge is 0.395 e. The van der Waals surface area contributed by atoms with Gasteiger partial charge in [0.15, 0.2) is 0 Å². The second-order valence-electron chi connectivity index (χ2n) is 1.59. The van der Waals surface area contributed by atoms with Gasteiger partial charge < -0.3 is 9.72 Å². The molecule has 1 heterocycles. The Kier molecular flexibility index (Phi) is 1.48. The van der Waals surface area contributed by atoms with Crippen LogP contribution in [0.4, 0.5) is 0 Å². The number of nitrogens with zero attached hydrogens (tertiary/aromatic N) is 1. The van der Waals surface area contributed by atoms with Crippen LogP contribution in [-0.4, -0.2) is 16.4 Å². The Bertz CT molecular complexity index is 206. The number of hydrogen-bond acceptors (Lipinski definition) is 3. The number of carbonyl (C=O) groups is 1. The van der Waals surface area contributed by atoms with Crippen molar-refractivity contribution in [3.63, 3.8) is 0 Å². The van der Waals surface area contributed by atoms with E-state index in [2.05, 4.69) is 14.7 Å². The van der Waals surface area contributed by atoms with Crippen LogP contribution in [0.1, 0.15) is 5.69 Å². The molecule has 1 aromatic rings. The van der Waals surface area contributed by atoms with E-state index in [4.69, 9.17) is 0 Å². The molecule has 1 N–H and O–H groups in total. The highest BCUT2D eigenvalue weighted by Crippen LogP contribution is 2.00. The lowest BCUT2D eigenvalue weighted by molar-refractivity contribution is -0.121. The predicted octanol–water partition coefficient (Wildman–Crippen LogP) is 0.253. The van der Waals surface area contributed by atoms with E-state index < -0.39 is 0 Å². The van der Waals surface area contributed by atoms with Crippen LogP contribution in [0.25, 0.3) is 0 Å². The Balaban J connectivity index is 2.72. The number of aryl methyl sites for hydroxylation is 1. The van der Waals surface area contributed by atoms with E-state index in [-0.39, 0.29) is 6.01 Å². The summed E-state index contributed by atoms with van der Waals surface area (Å²) in [7, 11) is 0. The van der Waals surface area contributed by atoms with Crippen molar-refractivity contribution < 1.29 is 9.53 Å². The molecule has 0 spiro atoms. The average Bonchev–Trinajstić information content (AvgIpc) is 2.17. The second kappa shape index (κ2) is 2.30. The van der Waals surface area contributed by atoms with Crippen molar-refractivity contribution >= 4 is 6.47 Å². The van der Waals surface area contributed by atoms with Crippen molar-refractivity contribution in [3.05, 3.63) is 11.9 Å². The van der Waals surface area contributed by atoms with Crippen molar-refractivity contribution in [2.45, 2.75) is 6.92 Å². The van der Waals surface area contributed by atoms with E-state index in [0.29, 0.717) is 6.47 Å². The van der Waals surface area contributed by atoms with Gasteiger partial charge in [0.2, 0.25) is 0 Å². The molecule has 0 fully saturated rings. The fraction of sp³-hybridized carbons (Fsp3) is 0.200. The summed E-state index contributed by atoms with van der Waals surface area (Å²) in [4.78, 5) is 16.1. The van der Waals surface area contributed by atoms with Crippen LogP contribution in [0.5, 0.6) is 6.01 Å². The van der Waals surface area contributed by atoms with Gasteiger partial charge in [0.05, 0.1) is 6.20 Å². The van der Waals surface area contributed by atoms with Crippen molar-refractivity contribution in [3.8, 4) is 6.01 Å². The molecule has 0 saturated carbocycles. The fourth-order valence-corrected chi connectivity index (χ4v) is 0.494. The molecule has 48 valence electrons. The van der Waals surface area contributed by atoms with Gasteiger partial charge in [-0.1, -0.05) is 0 Å². The van der Waals surface area contributed by atoms with Crippen molar-refractivity contribution in [2.24, 2.45) is 0 Å². The molecule has 0 aliphatic heterocycles. The van der Waals surface area contributed by atoms with Crippen LogP contribution < -0.4 is 4.74 Å². The van der Waals surface area contributed by atoms with Crippen LogP contribution in [-0.2, 0) is 4.79 Å². The van der Waals surface area contributed by atoms with Crippen LogP contribution in [0, 0.1) is 6.92 Å². The summed E-state index contributed by atoms with van der Waals surface area (Å²) < 4.78 is 4.38. The number of carbonyl (C=O) groups excluding carboxylic acids is 1. The molecule has 4 nitrogen and oxygen atoms in total. The molecule has 1 aromatic heterocycles. The summed E-state index contributed by atoms with van der Waals surface area (Å²) in [6, 6.07) is 0.238. The first-order valence-corrected chi connectivity index (χ1v) is 2.45. The summed E-state index contributed by atoms with van der Waals surface area (Å²) in [5, 5.41) is 0. The van der Waals surface area contributed by atoms with Crippen molar-refractivity contribution in [1.82, 2.24) is 9.97 Å². The van der Waals surface area contributed by atoms with E-state index in [9.17, 15) is 4.79 Å². The lowest BCUT2D eigenvalue weighted by Crippen LogP contribution is -1.89. The SMILES string of the molecule is Cc1cnc(OC=O)[nH]1. The quantitative estimate of drug-likeness (QED) is 0.578. The minimum Gasteiger partial charge on any atom is -0.395 e. The van der Waals surface area contributed by atoms with Gasteiger partial charge in [0, 0.05) is 5.69 Å². The molecule has 0 aromatic carbocycles. The van der Waals surface area contributed by atoms with E-state index in [1.165, 1.54) is 0 Å². The molecular weight excluding hydrogens is 120 g/mol. The number of hydrogen-bond donors (Lipinski definition) is 1. The third kappa shape index (κ3) is 1.28. The van der Waals surface area contributed by atoms with Gasteiger partial charge in [-0.25, -0.2) is 4.98 Å². The summed E-state index contributed by atoms with van der Waals surface area (Å²) in [6.45, 7) is 2.16. The van der Waals surface area contributed by atoms with Crippen molar-refractivity contribution in [2.75, 3.05) is 0 Å². The maximum Gasteiger partial charge on any atom is 0.301 e. The molecule has 0 aliphatic rings. The highest BCUT2D eigenvalue weighted by molar-refractivity contribution is 5.41. The summed E-state index contributed by atoms with van der Waals surface area (Å²) in [5.74, 6) is 0. The molecule has 1 rings (SSSR count).